The molecule has 12 heteroatoms. The van der Waals surface area contributed by atoms with E-state index in [4.69, 9.17) is 24.2 Å². The average molecular weight is 590 g/mol. The average Bonchev–Trinajstić information content (AvgIpc) is 3.61. The molecule has 3 aromatic rings. The summed E-state index contributed by atoms with van der Waals surface area (Å²) in [5, 5.41) is 17.5. The largest absolute Gasteiger partial charge is 0.492 e. The zero-order chi connectivity index (χ0) is 31.1. The Hall–Kier alpha value is -4.24. The molecule has 0 unspecified atom stereocenters. The van der Waals surface area contributed by atoms with Gasteiger partial charge >= 0.3 is 12.2 Å². The zero-order valence-electron chi connectivity index (χ0n) is 25.7. The first-order valence-electron chi connectivity index (χ1n) is 14.6. The number of nitrogens with zero attached hydrogens (tertiary/aromatic N) is 6. The molecular formula is C31H39N7O5. The molecule has 4 atom stereocenters. The molecule has 0 spiro atoms. The molecule has 2 fully saturated rings. The summed E-state index contributed by atoms with van der Waals surface area (Å²) in [6.45, 7) is 13.8. The van der Waals surface area contributed by atoms with E-state index in [2.05, 4.69) is 16.5 Å². The Morgan fingerprint density at radius 2 is 1.77 bits per heavy atom. The molecule has 2 amide bonds. The Morgan fingerprint density at radius 3 is 2.35 bits per heavy atom. The van der Waals surface area contributed by atoms with E-state index in [1.165, 1.54) is 6.20 Å². The standard InChI is InChI=1S/C31H39N7O5/c1-8-41-21-11-23(27-19(12-32)14-36-37(27)17-21)24-15-34-25(16-33-24)26-22-10-20(9-18(22)13-35-26)38(28(39)42-30(2,3)4)29(40)43-31(5,6)7/h11,14-18,20,22,26,35H,8-10,13H2,1-7H3/t18-,20+,22+,26+/m1/s1. The van der Waals surface area contributed by atoms with Crippen LogP contribution in [-0.4, -0.2) is 67.1 Å². The Kier molecular flexibility index (Phi) is 8.05. The van der Waals surface area contributed by atoms with Gasteiger partial charge in [-0.15, -0.1) is 0 Å². The third-order valence-corrected chi connectivity index (χ3v) is 7.58. The van der Waals surface area contributed by atoms with Gasteiger partial charge in [0, 0.05) is 11.6 Å². The first kappa shape index (κ1) is 30.2. The molecule has 0 radical (unpaired) electrons. The van der Waals surface area contributed by atoms with Crippen LogP contribution in [-0.2, 0) is 9.47 Å². The maximum Gasteiger partial charge on any atom is 0.420 e. The van der Waals surface area contributed by atoms with Crippen molar-refractivity contribution in [1.29, 1.82) is 5.26 Å². The molecule has 1 saturated carbocycles. The Morgan fingerprint density at radius 1 is 1.07 bits per heavy atom. The molecule has 1 saturated heterocycles. The van der Waals surface area contributed by atoms with E-state index in [-0.39, 0.29) is 23.9 Å². The van der Waals surface area contributed by atoms with Crippen LogP contribution in [0.2, 0.25) is 0 Å². The topological polar surface area (TPSA) is 144 Å². The van der Waals surface area contributed by atoms with E-state index in [1.54, 1.807) is 64.6 Å². The molecule has 2 aliphatic rings. The summed E-state index contributed by atoms with van der Waals surface area (Å²) >= 11 is 0. The van der Waals surface area contributed by atoms with E-state index in [0.29, 0.717) is 47.5 Å². The quantitative estimate of drug-likeness (QED) is 0.418. The second-order valence-electron chi connectivity index (χ2n) is 13.1. The van der Waals surface area contributed by atoms with Crippen molar-refractivity contribution in [1.82, 2.24) is 29.8 Å². The number of hydrogen-bond donors (Lipinski definition) is 1. The van der Waals surface area contributed by atoms with Crippen molar-refractivity contribution in [3.05, 3.63) is 42.1 Å². The van der Waals surface area contributed by atoms with Crippen molar-refractivity contribution in [2.24, 2.45) is 11.8 Å². The van der Waals surface area contributed by atoms with Crippen LogP contribution < -0.4 is 10.1 Å². The smallest absolute Gasteiger partial charge is 0.420 e. The van der Waals surface area contributed by atoms with Crippen molar-refractivity contribution < 1.29 is 23.8 Å². The molecule has 1 N–H and O–H groups in total. The third kappa shape index (κ3) is 6.41. The Balaban J connectivity index is 1.39. The van der Waals surface area contributed by atoms with Gasteiger partial charge in [0.25, 0.3) is 0 Å². The highest BCUT2D eigenvalue weighted by Crippen LogP contribution is 2.46. The molecule has 43 heavy (non-hydrogen) atoms. The van der Waals surface area contributed by atoms with Gasteiger partial charge < -0.3 is 19.5 Å². The monoisotopic (exact) mass is 589 g/mol. The van der Waals surface area contributed by atoms with Crippen molar-refractivity contribution in [2.45, 2.75) is 84.6 Å². The number of carbonyl (C=O) groups is 2. The van der Waals surface area contributed by atoms with E-state index in [1.807, 2.05) is 13.0 Å². The molecule has 0 aromatic carbocycles. The van der Waals surface area contributed by atoms with E-state index >= 15 is 0 Å². The van der Waals surface area contributed by atoms with Crippen LogP contribution >= 0.6 is 0 Å². The second kappa shape index (κ2) is 11.4. The zero-order valence-corrected chi connectivity index (χ0v) is 25.7. The maximum atomic E-state index is 13.2. The number of carbonyl (C=O) groups excluding carboxylic acids is 2. The fourth-order valence-corrected chi connectivity index (χ4v) is 5.99. The highest BCUT2D eigenvalue weighted by molar-refractivity contribution is 5.88. The van der Waals surface area contributed by atoms with Crippen molar-refractivity contribution in [3.8, 4) is 23.1 Å². The lowest BCUT2D eigenvalue weighted by atomic mass is 9.92. The minimum absolute atomic E-state index is 0.102. The van der Waals surface area contributed by atoms with E-state index in [0.717, 1.165) is 17.1 Å². The minimum atomic E-state index is -0.758. The summed E-state index contributed by atoms with van der Waals surface area (Å²) in [6, 6.07) is 3.57. The van der Waals surface area contributed by atoms with Crippen molar-refractivity contribution >= 4 is 17.7 Å². The molecule has 228 valence electrons. The number of aromatic nitrogens is 4. The highest BCUT2D eigenvalue weighted by atomic mass is 16.6. The maximum absolute atomic E-state index is 13.2. The highest BCUT2D eigenvalue weighted by Gasteiger charge is 2.49. The number of pyridine rings is 1. The van der Waals surface area contributed by atoms with Crippen molar-refractivity contribution in [2.75, 3.05) is 13.2 Å². The van der Waals surface area contributed by atoms with Gasteiger partial charge in [-0.05, 0) is 85.8 Å². The van der Waals surface area contributed by atoms with Gasteiger partial charge in [0.15, 0.2) is 0 Å². The molecule has 0 bridgehead atoms. The lowest BCUT2D eigenvalue weighted by molar-refractivity contribution is -0.00750. The predicted molar refractivity (Wildman–Crippen MR) is 157 cm³/mol. The number of amides is 2. The second-order valence-corrected chi connectivity index (χ2v) is 13.1. The summed E-state index contributed by atoms with van der Waals surface area (Å²) in [7, 11) is 0. The summed E-state index contributed by atoms with van der Waals surface area (Å²) in [6.07, 6.45) is 6.53. The number of nitriles is 1. The van der Waals surface area contributed by atoms with E-state index < -0.39 is 23.4 Å². The van der Waals surface area contributed by atoms with Crippen LogP contribution in [0.4, 0.5) is 9.59 Å². The van der Waals surface area contributed by atoms with Crippen LogP contribution in [0.5, 0.6) is 5.75 Å². The summed E-state index contributed by atoms with van der Waals surface area (Å²) in [5.41, 5.74) is 1.60. The summed E-state index contributed by atoms with van der Waals surface area (Å²) in [5.74, 6) is 0.974. The van der Waals surface area contributed by atoms with Gasteiger partial charge in [-0.1, -0.05) is 0 Å². The molecule has 5 rings (SSSR count). The SMILES string of the molecule is CCOc1cc(-c2cnc([C@H]3NC[C@H]4C[C@H](N(C(=O)OC(C)(C)C)C(=O)OC(C)(C)C)C[C@@H]43)cn2)c2c(C#N)cnn2c1. The lowest BCUT2D eigenvalue weighted by Crippen LogP contribution is -2.48. The molecule has 4 heterocycles. The number of imide groups is 1. The minimum Gasteiger partial charge on any atom is -0.492 e. The van der Waals surface area contributed by atoms with Gasteiger partial charge in [0.05, 0.1) is 59.9 Å². The van der Waals surface area contributed by atoms with E-state index in [9.17, 15) is 14.9 Å². The predicted octanol–water partition coefficient (Wildman–Crippen LogP) is 5.27. The number of fused-ring (bicyclic) bond motifs is 2. The van der Waals surface area contributed by atoms with Crippen LogP contribution in [0, 0.1) is 23.2 Å². The molecular weight excluding hydrogens is 550 g/mol. The van der Waals surface area contributed by atoms with Crippen LogP contribution in [0.3, 0.4) is 0 Å². The first-order chi connectivity index (χ1) is 20.3. The summed E-state index contributed by atoms with van der Waals surface area (Å²) < 4.78 is 18.6. The van der Waals surface area contributed by atoms with Gasteiger partial charge in [-0.2, -0.15) is 10.4 Å². The molecule has 3 aromatic heterocycles. The number of nitrogens with one attached hydrogen (secondary N) is 1. The van der Waals surface area contributed by atoms with Crippen LogP contribution in [0.25, 0.3) is 16.8 Å². The molecule has 12 nitrogen and oxygen atoms in total. The molecule has 1 aliphatic heterocycles. The Labute approximate surface area is 251 Å². The number of hydrogen-bond acceptors (Lipinski definition) is 10. The molecule has 1 aliphatic carbocycles. The van der Waals surface area contributed by atoms with Gasteiger partial charge in [-0.25, -0.2) is 19.0 Å². The van der Waals surface area contributed by atoms with Crippen LogP contribution in [0.15, 0.2) is 30.9 Å². The van der Waals surface area contributed by atoms with Crippen LogP contribution in [0.1, 0.15) is 78.6 Å². The fraction of sp³-hybridized carbons (Fsp3) is 0.548. The van der Waals surface area contributed by atoms with Crippen molar-refractivity contribution in [3.63, 3.8) is 0 Å². The number of ether oxygens (including phenoxy) is 3. The van der Waals surface area contributed by atoms with Gasteiger partial charge in [-0.3, -0.25) is 9.97 Å². The van der Waals surface area contributed by atoms with Gasteiger partial charge in [0.2, 0.25) is 0 Å². The third-order valence-electron chi connectivity index (χ3n) is 7.58. The lowest BCUT2D eigenvalue weighted by Gasteiger charge is -2.32. The fourth-order valence-electron chi connectivity index (χ4n) is 5.99. The Bertz CT molecular complexity index is 1520. The first-order valence-corrected chi connectivity index (χ1v) is 14.6. The van der Waals surface area contributed by atoms with Gasteiger partial charge in [0.1, 0.15) is 23.0 Å². The summed E-state index contributed by atoms with van der Waals surface area (Å²) in [4.78, 5) is 37.1. The number of rotatable bonds is 5. The normalized spacial score (nSPS) is 21.7.